The highest BCUT2D eigenvalue weighted by Gasteiger charge is 2.21. The number of nitrogens with zero attached hydrogens (tertiary/aromatic N) is 2. The Morgan fingerprint density at radius 3 is 2.28 bits per heavy atom. The number of ketones is 1. The summed E-state index contributed by atoms with van der Waals surface area (Å²) in [5.74, 6) is 0.108. The van der Waals surface area contributed by atoms with Crippen molar-refractivity contribution in [2.75, 3.05) is 30.4 Å². The van der Waals surface area contributed by atoms with E-state index in [4.69, 9.17) is 0 Å². The Hall–Kier alpha value is -2.88. The van der Waals surface area contributed by atoms with Gasteiger partial charge in [-0.15, -0.1) is 0 Å². The van der Waals surface area contributed by atoms with Crippen LogP contribution in [0.25, 0.3) is 6.08 Å². The summed E-state index contributed by atoms with van der Waals surface area (Å²) in [6.07, 6.45) is 4.91. The molecule has 2 aromatic rings. The van der Waals surface area contributed by atoms with Crippen LogP contribution in [-0.4, -0.2) is 32.3 Å². The minimum atomic E-state index is -0.0454. The van der Waals surface area contributed by atoms with Gasteiger partial charge in [0.1, 0.15) is 0 Å². The van der Waals surface area contributed by atoms with E-state index in [0.29, 0.717) is 12.0 Å². The summed E-state index contributed by atoms with van der Waals surface area (Å²) in [7, 11) is 3.99. The second kappa shape index (κ2) is 7.34. The first-order valence-electron chi connectivity index (χ1n) is 8.45. The summed E-state index contributed by atoms with van der Waals surface area (Å²) >= 11 is 0. The zero-order valence-electron chi connectivity index (χ0n) is 14.6. The van der Waals surface area contributed by atoms with Crippen LogP contribution in [0.1, 0.15) is 28.8 Å². The monoisotopic (exact) mass is 334 g/mol. The van der Waals surface area contributed by atoms with Gasteiger partial charge in [0.2, 0.25) is 5.91 Å². The van der Waals surface area contributed by atoms with Gasteiger partial charge in [0, 0.05) is 44.0 Å². The van der Waals surface area contributed by atoms with E-state index in [1.807, 2.05) is 61.5 Å². The zero-order valence-corrected chi connectivity index (χ0v) is 14.6. The lowest BCUT2D eigenvalue weighted by atomic mass is 10.1. The van der Waals surface area contributed by atoms with Crippen LogP contribution in [0.2, 0.25) is 0 Å². The van der Waals surface area contributed by atoms with Gasteiger partial charge in [-0.25, -0.2) is 0 Å². The normalized spacial score (nSPS) is 14.3. The fourth-order valence-corrected chi connectivity index (χ4v) is 2.88. The van der Waals surface area contributed by atoms with Crippen LogP contribution >= 0.6 is 0 Å². The van der Waals surface area contributed by atoms with E-state index >= 15 is 0 Å². The fourth-order valence-electron chi connectivity index (χ4n) is 2.88. The van der Waals surface area contributed by atoms with Gasteiger partial charge in [-0.1, -0.05) is 18.2 Å². The van der Waals surface area contributed by atoms with Crippen LogP contribution in [0.15, 0.2) is 54.6 Å². The molecule has 0 atom stereocenters. The van der Waals surface area contributed by atoms with E-state index in [-0.39, 0.29) is 11.7 Å². The Balaban J connectivity index is 1.67. The average molecular weight is 334 g/mol. The smallest absolute Gasteiger partial charge is 0.227 e. The van der Waals surface area contributed by atoms with E-state index < -0.39 is 0 Å². The molecule has 0 bridgehead atoms. The van der Waals surface area contributed by atoms with Crippen molar-refractivity contribution in [3.05, 3.63) is 65.7 Å². The molecule has 1 aliphatic rings. The number of rotatable bonds is 5. The molecule has 25 heavy (non-hydrogen) atoms. The van der Waals surface area contributed by atoms with E-state index in [1.54, 1.807) is 23.1 Å². The molecule has 128 valence electrons. The number of benzene rings is 2. The van der Waals surface area contributed by atoms with Gasteiger partial charge in [0.05, 0.1) is 0 Å². The van der Waals surface area contributed by atoms with Crippen LogP contribution < -0.4 is 9.80 Å². The highest BCUT2D eigenvalue weighted by molar-refractivity contribution is 6.07. The predicted molar refractivity (Wildman–Crippen MR) is 102 cm³/mol. The van der Waals surface area contributed by atoms with Gasteiger partial charge in [-0.2, -0.15) is 0 Å². The van der Waals surface area contributed by atoms with Crippen molar-refractivity contribution in [2.45, 2.75) is 12.8 Å². The molecule has 1 aliphatic heterocycles. The summed E-state index contributed by atoms with van der Waals surface area (Å²) < 4.78 is 0. The van der Waals surface area contributed by atoms with Crippen LogP contribution in [0.5, 0.6) is 0 Å². The van der Waals surface area contributed by atoms with Crippen molar-refractivity contribution in [1.82, 2.24) is 0 Å². The van der Waals surface area contributed by atoms with Crippen molar-refractivity contribution in [3.8, 4) is 0 Å². The van der Waals surface area contributed by atoms with Gasteiger partial charge in [0.15, 0.2) is 5.78 Å². The zero-order chi connectivity index (χ0) is 17.8. The Bertz CT molecular complexity index is 790. The highest BCUT2D eigenvalue weighted by Crippen LogP contribution is 2.22. The number of hydrogen-bond acceptors (Lipinski definition) is 3. The molecule has 1 saturated heterocycles. The molecule has 1 fully saturated rings. The summed E-state index contributed by atoms with van der Waals surface area (Å²) in [5.41, 5.74) is 3.59. The second-order valence-electron chi connectivity index (χ2n) is 6.38. The Kier molecular flexibility index (Phi) is 4.98. The first kappa shape index (κ1) is 17.0. The predicted octanol–water partition coefficient (Wildman–Crippen LogP) is 3.78. The van der Waals surface area contributed by atoms with E-state index in [9.17, 15) is 9.59 Å². The van der Waals surface area contributed by atoms with Gasteiger partial charge in [0.25, 0.3) is 0 Å². The van der Waals surface area contributed by atoms with Gasteiger partial charge < -0.3 is 9.80 Å². The third kappa shape index (κ3) is 3.97. The molecule has 1 amide bonds. The summed E-state index contributed by atoms with van der Waals surface area (Å²) in [6, 6.07) is 15.3. The fraction of sp³-hybridized carbons (Fsp3) is 0.238. The van der Waals surface area contributed by atoms with Crippen molar-refractivity contribution in [3.63, 3.8) is 0 Å². The third-order valence-electron chi connectivity index (χ3n) is 4.37. The molecular formula is C21H22N2O2. The molecule has 1 heterocycles. The molecule has 0 aromatic heterocycles. The Morgan fingerprint density at radius 1 is 1.04 bits per heavy atom. The Labute approximate surface area is 148 Å². The van der Waals surface area contributed by atoms with E-state index in [0.717, 1.165) is 29.9 Å². The van der Waals surface area contributed by atoms with Crippen molar-refractivity contribution >= 4 is 29.1 Å². The van der Waals surface area contributed by atoms with Gasteiger partial charge in [-0.05, 0) is 54.5 Å². The average Bonchev–Trinajstić information content (AvgIpc) is 3.06. The number of hydrogen-bond donors (Lipinski definition) is 0. The summed E-state index contributed by atoms with van der Waals surface area (Å²) in [5, 5.41) is 0. The van der Waals surface area contributed by atoms with Crippen LogP contribution in [0.4, 0.5) is 11.4 Å². The maximum absolute atomic E-state index is 12.3. The molecular weight excluding hydrogens is 312 g/mol. The molecule has 0 unspecified atom stereocenters. The molecule has 0 saturated carbocycles. The number of allylic oxidation sites excluding steroid dienone is 1. The molecule has 0 N–H and O–H groups in total. The third-order valence-corrected chi connectivity index (χ3v) is 4.37. The lowest BCUT2D eigenvalue weighted by molar-refractivity contribution is -0.117. The number of amides is 1. The van der Waals surface area contributed by atoms with E-state index in [2.05, 4.69) is 0 Å². The minimum Gasteiger partial charge on any atom is -0.378 e. The SMILES string of the molecule is CN(C)c1ccc(/C=C/C(=O)c2ccc(N3CCCC3=O)cc2)cc1. The summed E-state index contributed by atoms with van der Waals surface area (Å²) in [6.45, 7) is 0.759. The number of carbonyl (C=O) groups excluding carboxylic acids is 2. The lowest BCUT2D eigenvalue weighted by Crippen LogP contribution is -2.23. The molecule has 0 aliphatic carbocycles. The van der Waals surface area contributed by atoms with Crippen molar-refractivity contribution < 1.29 is 9.59 Å². The molecule has 3 rings (SSSR count). The number of anilines is 2. The first-order chi connectivity index (χ1) is 12.0. The maximum Gasteiger partial charge on any atom is 0.227 e. The molecule has 4 nitrogen and oxygen atoms in total. The minimum absolute atomic E-state index is 0.0454. The summed E-state index contributed by atoms with van der Waals surface area (Å²) in [4.78, 5) is 27.9. The van der Waals surface area contributed by atoms with Crippen molar-refractivity contribution in [2.24, 2.45) is 0 Å². The molecule has 0 radical (unpaired) electrons. The van der Waals surface area contributed by atoms with Crippen LogP contribution in [0, 0.1) is 0 Å². The molecule has 4 heteroatoms. The Morgan fingerprint density at radius 2 is 1.72 bits per heavy atom. The standard InChI is InChI=1S/C21H22N2O2/c1-22(2)18-10-5-16(6-11-18)7-14-20(24)17-8-12-19(13-9-17)23-15-3-4-21(23)25/h5-14H,3-4,15H2,1-2H3/b14-7+. The quantitative estimate of drug-likeness (QED) is 0.617. The molecule has 0 spiro atoms. The number of carbonyl (C=O) groups is 2. The largest absolute Gasteiger partial charge is 0.378 e. The van der Waals surface area contributed by atoms with E-state index in [1.165, 1.54) is 0 Å². The van der Waals surface area contributed by atoms with Crippen molar-refractivity contribution in [1.29, 1.82) is 0 Å². The van der Waals surface area contributed by atoms with Gasteiger partial charge >= 0.3 is 0 Å². The lowest BCUT2D eigenvalue weighted by Gasteiger charge is -2.15. The maximum atomic E-state index is 12.3. The van der Waals surface area contributed by atoms with Gasteiger partial charge in [-0.3, -0.25) is 9.59 Å². The highest BCUT2D eigenvalue weighted by atomic mass is 16.2. The van der Waals surface area contributed by atoms with Crippen LogP contribution in [0.3, 0.4) is 0 Å². The first-order valence-corrected chi connectivity index (χ1v) is 8.45. The molecule has 2 aromatic carbocycles. The van der Waals surface area contributed by atoms with Crippen LogP contribution in [-0.2, 0) is 4.79 Å². The second-order valence-corrected chi connectivity index (χ2v) is 6.38. The topological polar surface area (TPSA) is 40.6 Å².